The van der Waals surface area contributed by atoms with Crippen LogP contribution in [0.1, 0.15) is 38.2 Å². The molecule has 0 aliphatic rings. The quantitative estimate of drug-likeness (QED) is 0.533. The van der Waals surface area contributed by atoms with Crippen LogP contribution in [-0.4, -0.2) is 31.6 Å². The maximum atomic E-state index is 11.6. The molecule has 1 amide bonds. The molecule has 0 aromatic heterocycles. The first kappa shape index (κ1) is 18.0. The summed E-state index contributed by atoms with van der Waals surface area (Å²) in [5.41, 5.74) is 1.15. The smallest absolute Gasteiger partial charge is 0.305 e. The number of carbonyl (C=O) groups excluding carboxylic acids is 2. The topological polar surface area (TPSA) is 64.6 Å². The van der Waals surface area contributed by atoms with Gasteiger partial charge in [0.15, 0.2) is 6.61 Å². The average molecular weight is 307 g/mol. The second-order valence-electron chi connectivity index (χ2n) is 5.07. The number of aryl methyl sites for hydroxylation is 1. The first-order chi connectivity index (χ1) is 10.6. The Hall–Kier alpha value is -2.04. The van der Waals surface area contributed by atoms with Gasteiger partial charge in [0.25, 0.3) is 5.91 Å². The lowest BCUT2D eigenvalue weighted by Gasteiger charge is -2.07. The molecule has 0 saturated heterocycles. The normalized spacial score (nSPS) is 10.1. The van der Waals surface area contributed by atoms with E-state index >= 15 is 0 Å². The summed E-state index contributed by atoms with van der Waals surface area (Å²) < 4.78 is 10.2. The van der Waals surface area contributed by atoms with Crippen LogP contribution in [0.4, 0.5) is 0 Å². The lowest BCUT2D eigenvalue weighted by Crippen LogP contribution is -2.29. The van der Waals surface area contributed by atoms with Crippen LogP contribution in [0, 0.1) is 6.92 Å². The van der Waals surface area contributed by atoms with E-state index in [2.05, 4.69) is 5.32 Å². The maximum absolute atomic E-state index is 11.6. The summed E-state index contributed by atoms with van der Waals surface area (Å²) in [4.78, 5) is 22.7. The molecular weight excluding hydrogens is 282 g/mol. The van der Waals surface area contributed by atoms with Crippen molar-refractivity contribution in [1.82, 2.24) is 5.32 Å². The molecule has 0 unspecified atom stereocenters. The number of esters is 1. The molecule has 0 aliphatic carbocycles. The molecule has 5 nitrogen and oxygen atoms in total. The highest BCUT2D eigenvalue weighted by Crippen LogP contribution is 2.10. The number of benzene rings is 1. The van der Waals surface area contributed by atoms with E-state index in [0.29, 0.717) is 25.3 Å². The predicted octanol–water partition coefficient (Wildman–Crippen LogP) is 2.61. The average Bonchev–Trinajstić information content (AvgIpc) is 2.50. The van der Waals surface area contributed by atoms with Crippen molar-refractivity contribution in [3.05, 3.63) is 29.8 Å². The molecule has 1 N–H and O–H groups in total. The minimum Gasteiger partial charge on any atom is -0.484 e. The molecule has 22 heavy (non-hydrogen) atoms. The van der Waals surface area contributed by atoms with Gasteiger partial charge in [-0.15, -0.1) is 0 Å². The summed E-state index contributed by atoms with van der Waals surface area (Å²) in [5.74, 6) is 0.402. The fourth-order valence-electron chi connectivity index (χ4n) is 1.87. The molecule has 122 valence electrons. The number of unbranched alkanes of at least 4 members (excludes halogenated alkanes) is 2. The minimum atomic E-state index is -0.155. The number of carbonyl (C=O) groups is 2. The van der Waals surface area contributed by atoms with Gasteiger partial charge in [0.2, 0.25) is 0 Å². The third-order valence-corrected chi connectivity index (χ3v) is 3.08. The van der Waals surface area contributed by atoms with Gasteiger partial charge in [-0.3, -0.25) is 9.59 Å². The van der Waals surface area contributed by atoms with Crippen molar-refractivity contribution in [2.24, 2.45) is 0 Å². The summed E-state index contributed by atoms with van der Waals surface area (Å²) in [6.45, 7) is 4.84. The molecule has 0 aliphatic heterocycles. The molecule has 5 heteroatoms. The summed E-state index contributed by atoms with van der Waals surface area (Å²) >= 11 is 0. The Morgan fingerprint density at radius 2 is 1.82 bits per heavy atom. The van der Waals surface area contributed by atoms with E-state index in [1.54, 1.807) is 6.92 Å². The van der Waals surface area contributed by atoms with Crippen molar-refractivity contribution < 1.29 is 19.1 Å². The van der Waals surface area contributed by atoms with Gasteiger partial charge in [0.1, 0.15) is 5.75 Å². The molecular formula is C17H25NO4. The number of amides is 1. The van der Waals surface area contributed by atoms with Crippen molar-refractivity contribution in [2.75, 3.05) is 19.8 Å². The third kappa shape index (κ3) is 8.29. The molecule has 0 fully saturated rings. The largest absolute Gasteiger partial charge is 0.484 e. The lowest BCUT2D eigenvalue weighted by molar-refractivity contribution is -0.143. The number of ether oxygens (including phenoxy) is 2. The van der Waals surface area contributed by atoms with Crippen LogP contribution >= 0.6 is 0 Å². The standard InChI is InChI=1S/C17H25NO4/c1-3-21-17(20)7-5-4-6-12-18-16(19)13-22-15-10-8-14(2)9-11-15/h8-11H,3-7,12-13H2,1-2H3,(H,18,19). The van der Waals surface area contributed by atoms with Gasteiger partial charge in [0.05, 0.1) is 6.61 Å². The third-order valence-electron chi connectivity index (χ3n) is 3.08. The van der Waals surface area contributed by atoms with Crippen LogP contribution < -0.4 is 10.1 Å². The molecule has 0 radical (unpaired) electrons. The Balaban J connectivity index is 2.01. The summed E-state index contributed by atoms with van der Waals surface area (Å²) in [6, 6.07) is 7.57. The van der Waals surface area contributed by atoms with Crippen molar-refractivity contribution in [3.63, 3.8) is 0 Å². The van der Waals surface area contributed by atoms with Gasteiger partial charge in [-0.25, -0.2) is 0 Å². The number of rotatable bonds is 10. The molecule has 0 bridgehead atoms. The zero-order valence-corrected chi connectivity index (χ0v) is 13.4. The van der Waals surface area contributed by atoms with Gasteiger partial charge < -0.3 is 14.8 Å². The van der Waals surface area contributed by atoms with Gasteiger partial charge in [-0.1, -0.05) is 24.1 Å². The van der Waals surface area contributed by atoms with Gasteiger partial charge in [-0.2, -0.15) is 0 Å². The fraction of sp³-hybridized carbons (Fsp3) is 0.529. The van der Waals surface area contributed by atoms with E-state index < -0.39 is 0 Å². The lowest BCUT2D eigenvalue weighted by atomic mass is 10.2. The Morgan fingerprint density at radius 3 is 2.50 bits per heavy atom. The second-order valence-corrected chi connectivity index (χ2v) is 5.07. The van der Waals surface area contributed by atoms with Crippen LogP contribution in [0.25, 0.3) is 0 Å². The Bertz CT molecular complexity index is 456. The van der Waals surface area contributed by atoms with E-state index in [-0.39, 0.29) is 18.5 Å². The fourth-order valence-corrected chi connectivity index (χ4v) is 1.87. The Kier molecular flexibility index (Phi) is 8.72. The van der Waals surface area contributed by atoms with Gasteiger partial charge in [-0.05, 0) is 38.8 Å². The van der Waals surface area contributed by atoms with Crippen molar-refractivity contribution in [2.45, 2.75) is 39.5 Å². The highest BCUT2D eigenvalue weighted by Gasteiger charge is 2.03. The monoisotopic (exact) mass is 307 g/mol. The molecule has 0 heterocycles. The second kappa shape index (κ2) is 10.7. The van der Waals surface area contributed by atoms with Crippen molar-refractivity contribution >= 4 is 11.9 Å². The zero-order chi connectivity index (χ0) is 16.2. The van der Waals surface area contributed by atoms with E-state index in [1.807, 2.05) is 31.2 Å². The SMILES string of the molecule is CCOC(=O)CCCCCNC(=O)COc1ccc(C)cc1. The summed E-state index contributed by atoms with van der Waals surface area (Å²) in [6.07, 6.45) is 2.96. The highest BCUT2D eigenvalue weighted by atomic mass is 16.5. The summed E-state index contributed by atoms with van der Waals surface area (Å²) in [5, 5.41) is 2.80. The van der Waals surface area contributed by atoms with E-state index in [9.17, 15) is 9.59 Å². The van der Waals surface area contributed by atoms with Crippen LogP contribution in [0.5, 0.6) is 5.75 Å². The first-order valence-electron chi connectivity index (χ1n) is 7.73. The minimum absolute atomic E-state index is 0.0197. The number of nitrogens with one attached hydrogen (secondary N) is 1. The summed E-state index contributed by atoms with van der Waals surface area (Å²) in [7, 11) is 0. The number of hydrogen-bond donors (Lipinski definition) is 1. The first-order valence-corrected chi connectivity index (χ1v) is 7.73. The van der Waals surface area contributed by atoms with Crippen LogP contribution in [0.15, 0.2) is 24.3 Å². The maximum Gasteiger partial charge on any atom is 0.305 e. The van der Waals surface area contributed by atoms with Crippen LogP contribution in [-0.2, 0) is 14.3 Å². The zero-order valence-electron chi connectivity index (χ0n) is 13.4. The highest BCUT2D eigenvalue weighted by molar-refractivity contribution is 5.77. The Morgan fingerprint density at radius 1 is 1.09 bits per heavy atom. The van der Waals surface area contributed by atoms with Crippen LogP contribution in [0.2, 0.25) is 0 Å². The van der Waals surface area contributed by atoms with E-state index in [4.69, 9.17) is 9.47 Å². The van der Waals surface area contributed by atoms with Crippen molar-refractivity contribution in [3.8, 4) is 5.75 Å². The van der Waals surface area contributed by atoms with Crippen LogP contribution in [0.3, 0.4) is 0 Å². The predicted molar refractivity (Wildman–Crippen MR) is 84.8 cm³/mol. The number of hydrogen-bond acceptors (Lipinski definition) is 4. The molecule has 0 saturated carbocycles. The van der Waals surface area contributed by atoms with Gasteiger partial charge in [0, 0.05) is 13.0 Å². The molecule has 1 aromatic rings. The van der Waals surface area contributed by atoms with Gasteiger partial charge >= 0.3 is 5.97 Å². The molecule has 1 aromatic carbocycles. The van der Waals surface area contributed by atoms with E-state index in [1.165, 1.54) is 0 Å². The molecule has 0 atom stereocenters. The van der Waals surface area contributed by atoms with E-state index in [0.717, 1.165) is 24.8 Å². The van der Waals surface area contributed by atoms with Crippen molar-refractivity contribution in [1.29, 1.82) is 0 Å². The molecule has 1 rings (SSSR count). The Labute approximate surface area is 132 Å². The molecule has 0 spiro atoms.